The van der Waals surface area contributed by atoms with Crippen LogP contribution >= 0.6 is 34.3 Å². The Morgan fingerprint density at radius 3 is 2.48 bits per heavy atom. The van der Waals surface area contributed by atoms with Crippen LogP contribution in [0.25, 0.3) is 0 Å². The predicted molar refractivity (Wildman–Crippen MR) is 97.6 cm³/mol. The van der Waals surface area contributed by atoms with E-state index in [9.17, 15) is 9.59 Å². The van der Waals surface area contributed by atoms with Crippen LogP contribution in [0.3, 0.4) is 0 Å². The zero-order chi connectivity index (χ0) is 17.2. The van der Waals surface area contributed by atoms with Gasteiger partial charge in [-0.25, -0.2) is 0 Å². The van der Waals surface area contributed by atoms with Gasteiger partial charge in [0.2, 0.25) is 5.91 Å². The first-order valence-electron chi connectivity index (χ1n) is 7.11. The van der Waals surface area contributed by atoms with Gasteiger partial charge in [-0.1, -0.05) is 32.4 Å². The van der Waals surface area contributed by atoms with Gasteiger partial charge >= 0.3 is 0 Å². The number of anilines is 1. The summed E-state index contributed by atoms with van der Waals surface area (Å²) in [5, 5.41) is 6.42. The normalized spacial score (nSPS) is 11.3. The molecule has 0 saturated carbocycles. The molecule has 2 N–H and O–H groups in total. The first-order chi connectivity index (χ1) is 10.7. The van der Waals surface area contributed by atoms with Crippen molar-refractivity contribution in [1.82, 2.24) is 5.32 Å². The molecule has 4 nitrogen and oxygen atoms in total. The minimum Gasteiger partial charge on any atom is -0.346 e. The van der Waals surface area contributed by atoms with Gasteiger partial charge in [-0.15, -0.1) is 22.7 Å². The van der Waals surface area contributed by atoms with Crippen LogP contribution in [0, 0.1) is 12.3 Å². The number of nitrogens with one attached hydrogen (secondary N) is 2. The molecule has 0 atom stereocenters. The van der Waals surface area contributed by atoms with E-state index in [1.807, 2.05) is 45.9 Å². The molecule has 23 heavy (non-hydrogen) atoms. The largest absolute Gasteiger partial charge is 0.346 e. The molecule has 0 aliphatic carbocycles. The molecule has 7 heteroatoms. The third kappa shape index (κ3) is 4.80. The van der Waals surface area contributed by atoms with E-state index in [0.717, 1.165) is 10.4 Å². The molecule has 0 spiro atoms. The molecule has 0 fully saturated rings. The van der Waals surface area contributed by atoms with Gasteiger partial charge in [-0.2, -0.15) is 0 Å². The number of carbonyl (C=O) groups is 2. The molecule has 0 bridgehead atoms. The van der Waals surface area contributed by atoms with Gasteiger partial charge in [-0.05, 0) is 30.7 Å². The number of hydrogen-bond acceptors (Lipinski definition) is 4. The average molecular weight is 371 g/mol. The van der Waals surface area contributed by atoms with E-state index in [1.54, 1.807) is 0 Å². The summed E-state index contributed by atoms with van der Waals surface area (Å²) in [5.41, 5.74) is 0.375. The molecule has 0 aliphatic heterocycles. The Bertz CT molecular complexity index is 729. The summed E-state index contributed by atoms with van der Waals surface area (Å²) < 4.78 is 0.703. The molecule has 0 saturated heterocycles. The highest BCUT2D eigenvalue weighted by Crippen LogP contribution is 2.28. The van der Waals surface area contributed by atoms with Crippen molar-refractivity contribution in [2.75, 3.05) is 5.32 Å². The van der Waals surface area contributed by atoms with Crippen LogP contribution in [-0.2, 0) is 11.3 Å². The highest BCUT2D eigenvalue weighted by molar-refractivity contribution is 7.18. The molecular weight excluding hydrogens is 352 g/mol. The third-order valence-electron chi connectivity index (χ3n) is 3.09. The molecule has 0 aromatic carbocycles. The van der Waals surface area contributed by atoms with Crippen LogP contribution in [-0.4, -0.2) is 11.8 Å². The lowest BCUT2D eigenvalue weighted by Gasteiger charge is -2.16. The molecule has 124 valence electrons. The number of thiophene rings is 2. The topological polar surface area (TPSA) is 58.2 Å². The van der Waals surface area contributed by atoms with Crippen LogP contribution in [0.5, 0.6) is 0 Å². The van der Waals surface area contributed by atoms with E-state index < -0.39 is 5.41 Å². The fraction of sp³-hybridized carbons (Fsp3) is 0.375. The zero-order valence-electron chi connectivity index (χ0n) is 13.5. The summed E-state index contributed by atoms with van der Waals surface area (Å²) in [4.78, 5) is 25.9. The van der Waals surface area contributed by atoms with E-state index in [4.69, 9.17) is 11.6 Å². The molecule has 0 unspecified atom stereocenters. The summed E-state index contributed by atoms with van der Waals surface area (Å²) in [6.45, 7) is 7.85. The number of halogens is 1. The van der Waals surface area contributed by atoms with Gasteiger partial charge in [0.25, 0.3) is 5.91 Å². The van der Waals surface area contributed by atoms with Gasteiger partial charge in [0.1, 0.15) is 0 Å². The highest BCUT2D eigenvalue weighted by Gasteiger charge is 2.23. The molecule has 0 radical (unpaired) electrons. The average Bonchev–Trinajstić information content (AvgIpc) is 3.01. The second-order valence-corrected chi connectivity index (χ2v) is 9.07. The van der Waals surface area contributed by atoms with Crippen molar-refractivity contribution in [3.63, 3.8) is 0 Å². The van der Waals surface area contributed by atoms with Crippen molar-refractivity contribution in [2.45, 2.75) is 34.2 Å². The lowest BCUT2D eigenvalue weighted by Crippen LogP contribution is -2.27. The Morgan fingerprint density at radius 2 is 1.91 bits per heavy atom. The van der Waals surface area contributed by atoms with E-state index >= 15 is 0 Å². The van der Waals surface area contributed by atoms with Crippen molar-refractivity contribution in [1.29, 1.82) is 0 Å². The summed E-state index contributed by atoms with van der Waals surface area (Å²) in [7, 11) is 0. The van der Waals surface area contributed by atoms with Gasteiger partial charge in [0.15, 0.2) is 0 Å². The minimum atomic E-state index is -0.473. The number of aryl methyl sites for hydroxylation is 1. The van der Waals surface area contributed by atoms with Crippen LogP contribution < -0.4 is 10.6 Å². The third-order valence-corrected chi connectivity index (χ3v) is 5.48. The Morgan fingerprint density at radius 1 is 1.22 bits per heavy atom. The fourth-order valence-electron chi connectivity index (χ4n) is 1.76. The summed E-state index contributed by atoms with van der Waals surface area (Å²) in [6.07, 6.45) is 0. The van der Waals surface area contributed by atoms with Gasteiger partial charge < -0.3 is 10.6 Å². The van der Waals surface area contributed by atoms with Gasteiger partial charge in [-0.3, -0.25) is 9.59 Å². The summed E-state index contributed by atoms with van der Waals surface area (Å²) in [6, 6.07) is 5.53. The van der Waals surface area contributed by atoms with Crippen LogP contribution in [0.4, 0.5) is 5.00 Å². The first kappa shape index (κ1) is 18.0. The molecule has 0 aliphatic rings. The van der Waals surface area contributed by atoms with Crippen molar-refractivity contribution in [3.8, 4) is 0 Å². The van der Waals surface area contributed by atoms with E-state index in [2.05, 4.69) is 10.6 Å². The smallest absolute Gasteiger partial charge is 0.261 e. The van der Waals surface area contributed by atoms with Crippen LogP contribution in [0.2, 0.25) is 4.34 Å². The Balaban J connectivity index is 2.02. The van der Waals surface area contributed by atoms with Crippen molar-refractivity contribution >= 4 is 51.1 Å². The number of rotatable bonds is 4. The minimum absolute atomic E-state index is 0.0704. The maximum Gasteiger partial charge on any atom is 0.261 e. The first-order valence-corrected chi connectivity index (χ1v) is 9.12. The Hall–Kier alpha value is -1.37. The van der Waals surface area contributed by atoms with Crippen LogP contribution in [0.1, 0.15) is 40.9 Å². The summed E-state index contributed by atoms with van der Waals surface area (Å²) in [5.74, 6) is -0.216. The molecule has 2 aromatic rings. The molecule has 2 heterocycles. The highest BCUT2D eigenvalue weighted by atomic mass is 35.5. The lowest BCUT2D eigenvalue weighted by molar-refractivity contribution is -0.123. The monoisotopic (exact) mass is 370 g/mol. The van der Waals surface area contributed by atoms with Crippen molar-refractivity contribution < 1.29 is 9.59 Å². The molecule has 2 amide bonds. The maximum atomic E-state index is 12.3. The summed E-state index contributed by atoms with van der Waals surface area (Å²) >= 11 is 8.60. The number of amides is 2. The second-order valence-electron chi connectivity index (χ2n) is 6.22. The standard InChI is InChI=1S/C16H19ClN2O2S2/c1-9-7-12(19-15(21)16(2,3)4)23-13(9)14(20)18-8-10-5-6-11(17)22-10/h5-7H,8H2,1-4H3,(H,18,20)(H,19,21). The van der Waals surface area contributed by atoms with E-state index in [-0.39, 0.29) is 11.8 Å². The Kier molecular flexibility index (Phi) is 5.49. The number of hydrogen-bond donors (Lipinski definition) is 2. The Labute approximate surface area is 148 Å². The predicted octanol–water partition coefficient (Wildman–Crippen LogP) is 4.69. The quantitative estimate of drug-likeness (QED) is 0.820. The van der Waals surface area contributed by atoms with Crippen LogP contribution in [0.15, 0.2) is 18.2 Å². The zero-order valence-corrected chi connectivity index (χ0v) is 15.8. The molecule has 2 aromatic heterocycles. The van der Waals surface area contributed by atoms with E-state index in [0.29, 0.717) is 20.8 Å². The molecular formula is C16H19ClN2O2S2. The maximum absolute atomic E-state index is 12.3. The van der Waals surface area contributed by atoms with E-state index in [1.165, 1.54) is 22.7 Å². The van der Waals surface area contributed by atoms with Gasteiger partial charge in [0, 0.05) is 10.3 Å². The lowest BCUT2D eigenvalue weighted by atomic mass is 9.96. The van der Waals surface area contributed by atoms with Crippen molar-refractivity contribution in [2.24, 2.45) is 5.41 Å². The SMILES string of the molecule is Cc1cc(NC(=O)C(C)(C)C)sc1C(=O)NCc1ccc(Cl)s1. The molecule has 2 rings (SSSR count). The van der Waals surface area contributed by atoms with Crippen molar-refractivity contribution in [3.05, 3.63) is 37.9 Å². The fourth-order valence-corrected chi connectivity index (χ4v) is 3.77. The number of carbonyl (C=O) groups excluding carboxylic acids is 2. The van der Waals surface area contributed by atoms with Gasteiger partial charge in [0.05, 0.1) is 20.8 Å². The second kappa shape index (κ2) is 7.03.